The highest BCUT2D eigenvalue weighted by Gasteiger charge is 2.20. The fraction of sp³-hybridized carbons (Fsp3) is 0.217. The van der Waals surface area contributed by atoms with Crippen LogP contribution in [0.4, 0.5) is 0 Å². The molecule has 2 aromatic heterocycles. The maximum atomic E-state index is 13.1. The molecule has 0 unspecified atom stereocenters. The van der Waals surface area contributed by atoms with Crippen molar-refractivity contribution in [2.45, 2.75) is 33.4 Å². The summed E-state index contributed by atoms with van der Waals surface area (Å²) in [7, 11) is 0. The smallest absolute Gasteiger partial charge is 0.246 e. The van der Waals surface area contributed by atoms with E-state index in [4.69, 9.17) is 19.5 Å². The van der Waals surface area contributed by atoms with Crippen LogP contribution in [0.3, 0.4) is 0 Å². The highest BCUT2D eigenvalue weighted by Crippen LogP contribution is 2.30. The van der Waals surface area contributed by atoms with Crippen molar-refractivity contribution in [1.82, 2.24) is 19.8 Å². The molecular weight excluding hydrogens is 722 g/mol. The molecule has 0 radical (unpaired) electrons. The van der Waals surface area contributed by atoms with E-state index < -0.39 is 0 Å². The largest absolute Gasteiger partial charge is 0.493 e. The normalized spacial score (nSPS) is 12.9. The highest BCUT2D eigenvalue weighted by molar-refractivity contribution is 5.92. The van der Waals surface area contributed by atoms with Gasteiger partial charge in [0.1, 0.15) is 23.9 Å². The fourth-order valence-corrected chi connectivity index (χ4v) is 6.60. The number of benzene rings is 4. The van der Waals surface area contributed by atoms with Crippen LogP contribution in [0, 0.1) is 25.2 Å². The number of nitrogens with zero attached hydrogens (tertiary/aromatic N) is 5. The maximum absolute atomic E-state index is 13.1. The molecule has 1 aliphatic heterocycles. The van der Waals surface area contributed by atoms with Crippen LogP contribution in [0.1, 0.15) is 38.9 Å². The number of rotatable bonds is 13. The third-order valence-electron chi connectivity index (χ3n) is 9.65. The van der Waals surface area contributed by atoms with Crippen molar-refractivity contribution in [2.75, 3.05) is 32.8 Å². The molecule has 0 atom stereocenters. The van der Waals surface area contributed by atoms with E-state index in [9.17, 15) is 4.79 Å². The second kappa shape index (κ2) is 18.9. The predicted octanol–water partition coefficient (Wildman–Crippen LogP) is 8.89. The number of hydrogen-bond acceptors (Lipinski definition) is 8. The van der Waals surface area contributed by atoms with Crippen LogP contribution in [0.2, 0.25) is 0 Å². The van der Waals surface area contributed by atoms with Gasteiger partial charge in [-0.15, -0.1) is 12.4 Å². The number of amides is 1. The second-order valence-corrected chi connectivity index (χ2v) is 13.7. The van der Waals surface area contributed by atoms with Crippen LogP contribution in [0.25, 0.3) is 17.0 Å². The molecule has 10 heteroatoms. The molecule has 9 nitrogen and oxygen atoms in total. The zero-order valence-electron chi connectivity index (χ0n) is 31.6. The average molecular weight is 766 g/mol. The molecule has 1 aliphatic rings. The maximum Gasteiger partial charge on any atom is 0.246 e. The zero-order valence-corrected chi connectivity index (χ0v) is 32.4. The van der Waals surface area contributed by atoms with E-state index in [1.807, 2.05) is 85.5 Å². The molecule has 0 spiro atoms. The van der Waals surface area contributed by atoms with Crippen LogP contribution in [0.5, 0.6) is 23.1 Å². The van der Waals surface area contributed by atoms with Crippen LogP contribution in [-0.2, 0) is 24.4 Å². The zero-order chi connectivity index (χ0) is 38.0. The van der Waals surface area contributed by atoms with Crippen molar-refractivity contribution in [1.29, 1.82) is 5.26 Å². The lowest BCUT2D eigenvalue weighted by Crippen LogP contribution is -2.47. The Balaban J connectivity index is 0.00000532. The summed E-state index contributed by atoms with van der Waals surface area (Å²) in [5.41, 5.74) is 7.89. The molecule has 0 N–H and O–H groups in total. The molecule has 1 amide bonds. The summed E-state index contributed by atoms with van der Waals surface area (Å²) in [6.07, 6.45) is 7.82. The van der Waals surface area contributed by atoms with E-state index in [-0.39, 0.29) is 18.3 Å². The lowest BCUT2D eigenvalue weighted by atomic mass is 10.1. The molecular formula is C46H44ClN5O4. The molecule has 284 valence electrons. The number of carbonyl (C=O) groups excluding carboxylic acids is 1. The van der Waals surface area contributed by atoms with Gasteiger partial charge in [0.15, 0.2) is 0 Å². The Bertz CT molecular complexity index is 2290. The molecule has 4 aromatic carbocycles. The molecule has 1 fully saturated rings. The van der Waals surface area contributed by atoms with Gasteiger partial charge in [-0.1, -0.05) is 42.5 Å². The summed E-state index contributed by atoms with van der Waals surface area (Å²) < 4.78 is 18.0. The van der Waals surface area contributed by atoms with Crippen LogP contribution >= 0.6 is 12.4 Å². The van der Waals surface area contributed by atoms with E-state index in [2.05, 4.69) is 45.2 Å². The first-order chi connectivity index (χ1) is 26.9. The quantitative estimate of drug-likeness (QED) is 0.108. The summed E-state index contributed by atoms with van der Waals surface area (Å²) in [5, 5.41) is 10.0. The number of hydrogen-bond donors (Lipinski definition) is 0. The number of aryl methyl sites for hydroxylation is 2. The van der Waals surface area contributed by atoms with Gasteiger partial charge in [-0.2, -0.15) is 5.26 Å². The number of carbonyl (C=O) groups is 1. The van der Waals surface area contributed by atoms with Crippen molar-refractivity contribution in [3.8, 4) is 29.2 Å². The molecule has 0 aliphatic carbocycles. The second-order valence-electron chi connectivity index (χ2n) is 13.7. The van der Waals surface area contributed by atoms with Gasteiger partial charge in [-0.3, -0.25) is 14.7 Å². The van der Waals surface area contributed by atoms with Crippen molar-refractivity contribution < 1.29 is 19.0 Å². The van der Waals surface area contributed by atoms with Crippen LogP contribution in [0.15, 0.2) is 122 Å². The Labute approximate surface area is 334 Å². The minimum Gasteiger partial charge on any atom is -0.493 e. The SMILES string of the molecule is Cc1cc(/C=C/C(=O)N2CCN(Cc3ccc(CCOc4ccc5ncccc5c4)cc3)CC2)cc(C)c1Oc1ccc(OCc2ccc(C#N)cc2)cn1.Cl. The van der Waals surface area contributed by atoms with E-state index >= 15 is 0 Å². The van der Waals surface area contributed by atoms with Crippen molar-refractivity contribution in [3.05, 3.63) is 161 Å². The van der Waals surface area contributed by atoms with Gasteiger partial charge in [0, 0.05) is 62.9 Å². The standard InChI is InChI=1S/C46H43N5O4.ClH/c1-33-26-39(27-34(2)46(33)55-44-17-15-42(30-49-44)54-32-38-11-7-36(29-47)8-12-38)13-18-45(52)51-23-21-50(22-24-51)31-37-9-5-35(6-10-37)19-25-53-41-14-16-43-40(28-41)4-3-20-48-43;/h3-18,20,26-28,30H,19,21-25,31-32H2,1-2H3;1H/b18-13+;. The lowest BCUT2D eigenvalue weighted by Gasteiger charge is -2.34. The molecule has 3 heterocycles. The van der Waals surface area contributed by atoms with Gasteiger partial charge < -0.3 is 19.1 Å². The van der Waals surface area contributed by atoms with Crippen LogP contribution in [-0.4, -0.2) is 58.5 Å². The number of ether oxygens (including phenoxy) is 3. The number of nitriles is 1. The van der Waals surface area contributed by atoms with Gasteiger partial charge in [-0.05, 0) is 108 Å². The summed E-state index contributed by atoms with van der Waals surface area (Å²) in [5.74, 6) is 2.70. The van der Waals surface area contributed by atoms with Gasteiger partial charge in [0.25, 0.3) is 0 Å². The van der Waals surface area contributed by atoms with E-state index in [1.54, 1.807) is 36.7 Å². The minimum atomic E-state index is 0. The number of aromatic nitrogens is 2. The van der Waals surface area contributed by atoms with Crippen molar-refractivity contribution in [3.63, 3.8) is 0 Å². The minimum absolute atomic E-state index is 0. The van der Waals surface area contributed by atoms with Gasteiger partial charge >= 0.3 is 0 Å². The third-order valence-corrected chi connectivity index (χ3v) is 9.65. The van der Waals surface area contributed by atoms with Gasteiger partial charge in [0.05, 0.1) is 30.0 Å². The summed E-state index contributed by atoms with van der Waals surface area (Å²) in [4.78, 5) is 26.2. The Hall–Kier alpha value is -6.21. The Kier molecular flexibility index (Phi) is 13.3. The topological polar surface area (TPSA) is 101 Å². The first kappa shape index (κ1) is 39.5. The Morgan fingerprint density at radius 1 is 0.804 bits per heavy atom. The highest BCUT2D eigenvalue weighted by atomic mass is 35.5. The van der Waals surface area contributed by atoms with Crippen LogP contribution < -0.4 is 14.2 Å². The molecule has 0 saturated carbocycles. The first-order valence-corrected chi connectivity index (χ1v) is 18.5. The first-order valence-electron chi connectivity index (χ1n) is 18.5. The van der Waals surface area contributed by atoms with Gasteiger partial charge in [-0.25, -0.2) is 4.98 Å². The molecule has 56 heavy (non-hydrogen) atoms. The number of fused-ring (bicyclic) bond motifs is 1. The summed E-state index contributed by atoms with van der Waals surface area (Å²) >= 11 is 0. The average Bonchev–Trinajstić information content (AvgIpc) is 3.22. The number of piperazine rings is 1. The summed E-state index contributed by atoms with van der Waals surface area (Å²) in [6.45, 7) is 8.88. The Morgan fingerprint density at radius 2 is 1.52 bits per heavy atom. The van der Waals surface area contributed by atoms with Gasteiger partial charge in [0.2, 0.25) is 11.8 Å². The monoisotopic (exact) mass is 765 g/mol. The van der Waals surface area contributed by atoms with E-state index in [0.717, 1.165) is 70.7 Å². The van der Waals surface area contributed by atoms with Crippen molar-refractivity contribution in [2.24, 2.45) is 0 Å². The lowest BCUT2D eigenvalue weighted by molar-refractivity contribution is -0.127. The van der Waals surface area contributed by atoms with E-state index in [0.29, 0.717) is 43.5 Å². The third kappa shape index (κ3) is 10.5. The van der Waals surface area contributed by atoms with Crippen molar-refractivity contribution >= 4 is 35.3 Å². The summed E-state index contributed by atoms with van der Waals surface area (Å²) in [6, 6.07) is 35.8. The molecule has 0 bridgehead atoms. The molecule has 6 aromatic rings. The Morgan fingerprint density at radius 3 is 2.23 bits per heavy atom. The fourth-order valence-electron chi connectivity index (χ4n) is 6.60. The number of halogens is 1. The predicted molar refractivity (Wildman–Crippen MR) is 221 cm³/mol. The molecule has 7 rings (SSSR count). The number of pyridine rings is 2. The molecule has 1 saturated heterocycles. The van der Waals surface area contributed by atoms with E-state index in [1.165, 1.54) is 11.1 Å².